The van der Waals surface area contributed by atoms with Crippen molar-refractivity contribution in [3.63, 3.8) is 0 Å². The largest absolute Gasteiger partial charge is 0.488 e. The molecule has 0 aliphatic heterocycles. The first-order valence-electron chi connectivity index (χ1n) is 5.68. The van der Waals surface area contributed by atoms with Gasteiger partial charge in [-0.2, -0.15) is 0 Å². The molecule has 1 aromatic carbocycles. The Hall–Kier alpha value is -0.770. The van der Waals surface area contributed by atoms with Crippen LogP contribution < -0.4 is 10.1 Å². The van der Waals surface area contributed by atoms with Gasteiger partial charge in [-0.25, -0.2) is 4.39 Å². The van der Waals surface area contributed by atoms with Gasteiger partial charge in [0.05, 0.1) is 5.03 Å². The minimum absolute atomic E-state index is 0.000503. The number of benzene rings is 1. The lowest BCUT2D eigenvalue weighted by Crippen LogP contribution is -2.19. The molecule has 2 nitrogen and oxygen atoms in total. The molecule has 0 radical (unpaired) electrons. The molecule has 1 aromatic rings. The van der Waals surface area contributed by atoms with Crippen LogP contribution in [0.2, 0.25) is 0 Å². The first-order chi connectivity index (χ1) is 8.58. The third-order valence-corrected chi connectivity index (χ3v) is 3.03. The van der Waals surface area contributed by atoms with Gasteiger partial charge >= 0.3 is 0 Å². The quantitative estimate of drug-likeness (QED) is 0.848. The normalized spacial score (nSPS) is 13.5. The van der Waals surface area contributed by atoms with Gasteiger partial charge in [-0.1, -0.05) is 30.1 Å². The molecule has 1 unspecified atom stereocenters. The highest BCUT2D eigenvalue weighted by atomic mass is 35.5. The number of hydrogen-bond donors (Lipinski definition) is 1. The lowest BCUT2D eigenvalue weighted by atomic mass is 10.1. The fourth-order valence-corrected chi connectivity index (χ4v) is 1.70. The third-order valence-electron chi connectivity index (χ3n) is 2.43. The van der Waals surface area contributed by atoms with Crippen LogP contribution in [0.3, 0.4) is 0 Å². The highest BCUT2D eigenvalue weighted by Gasteiger charge is 2.12. The van der Waals surface area contributed by atoms with Crippen molar-refractivity contribution in [1.29, 1.82) is 0 Å². The van der Waals surface area contributed by atoms with E-state index in [1.165, 1.54) is 17.7 Å². The third kappa shape index (κ3) is 4.48. The highest BCUT2D eigenvalue weighted by molar-refractivity contribution is 6.36. The van der Waals surface area contributed by atoms with E-state index < -0.39 is 0 Å². The Morgan fingerprint density at radius 1 is 1.56 bits per heavy atom. The molecule has 1 rings (SSSR count). The molecule has 0 saturated heterocycles. The molecule has 5 heteroatoms. The summed E-state index contributed by atoms with van der Waals surface area (Å²) in [6.07, 6.45) is 0. The predicted molar refractivity (Wildman–Crippen MR) is 73.8 cm³/mol. The molecule has 0 saturated carbocycles. The summed E-state index contributed by atoms with van der Waals surface area (Å²) in [6.45, 7) is 4.90. The second kappa shape index (κ2) is 7.62. The molecule has 18 heavy (non-hydrogen) atoms. The molecule has 0 spiro atoms. The van der Waals surface area contributed by atoms with Gasteiger partial charge in [-0.05, 0) is 31.7 Å². The van der Waals surface area contributed by atoms with Crippen molar-refractivity contribution >= 4 is 23.2 Å². The predicted octanol–water partition coefficient (Wildman–Crippen LogP) is 4.19. The van der Waals surface area contributed by atoms with Crippen LogP contribution in [-0.2, 0) is 0 Å². The van der Waals surface area contributed by atoms with Crippen molar-refractivity contribution in [3.8, 4) is 5.75 Å². The minimum Gasteiger partial charge on any atom is -0.488 e. The highest BCUT2D eigenvalue weighted by Crippen LogP contribution is 2.26. The molecule has 0 amide bonds. The Kier molecular flexibility index (Phi) is 6.47. The number of halogens is 3. The molecule has 0 aliphatic carbocycles. The van der Waals surface area contributed by atoms with Gasteiger partial charge in [0, 0.05) is 17.1 Å². The zero-order valence-corrected chi connectivity index (χ0v) is 11.9. The van der Waals surface area contributed by atoms with Crippen molar-refractivity contribution in [2.24, 2.45) is 0 Å². The van der Waals surface area contributed by atoms with Gasteiger partial charge in [0.15, 0.2) is 0 Å². The van der Waals surface area contributed by atoms with E-state index in [-0.39, 0.29) is 18.5 Å². The average Bonchev–Trinajstić information content (AvgIpc) is 2.37. The maximum absolute atomic E-state index is 13.3. The number of hydrogen-bond acceptors (Lipinski definition) is 2. The molecular weight excluding hydrogens is 276 g/mol. The van der Waals surface area contributed by atoms with E-state index >= 15 is 0 Å². The molecule has 0 heterocycles. The van der Waals surface area contributed by atoms with Crippen LogP contribution in [0, 0.1) is 5.82 Å². The summed E-state index contributed by atoms with van der Waals surface area (Å²) in [4.78, 5) is 0. The molecular formula is C13H16Cl2FNO. The Morgan fingerprint density at radius 3 is 2.89 bits per heavy atom. The van der Waals surface area contributed by atoms with Crippen molar-refractivity contribution in [3.05, 3.63) is 40.1 Å². The zero-order chi connectivity index (χ0) is 13.5. The van der Waals surface area contributed by atoms with E-state index in [1.54, 1.807) is 6.07 Å². The van der Waals surface area contributed by atoms with Crippen molar-refractivity contribution < 1.29 is 9.13 Å². The smallest absolute Gasteiger partial charge is 0.125 e. The second-order valence-electron chi connectivity index (χ2n) is 3.81. The van der Waals surface area contributed by atoms with E-state index in [9.17, 15) is 4.39 Å². The van der Waals surface area contributed by atoms with Crippen molar-refractivity contribution in [2.75, 3.05) is 13.2 Å². The van der Waals surface area contributed by atoms with Crippen LogP contribution in [0.4, 0.5) is 4.39 Å². The summed E-state index contributed by atoms with van der Waals surface area (Å²) in [5, 5.41) is 3.60. The summed E-state index contributed by atoms with van der Waals surface area (Å²) in [5.41, 5.74) is 2.01. The van der Waals surface area contributed by atoms with Crippen molar-refractivity contribution in [2.45, 2.75) is 19.9 Å². The monoisotopic (exact) mass is 291 g/mol. The summed E-state index contributed by atoms with van der Waals surface area (Å²) >= 11 is 11.2. The van der Waals surface area contributed by atoms with E-state index in [2.05, 4.69) is 5.32 Å². The molecule has 0 aliphatic rings. The van der Waals surface area contributed by atoms with Crippen LogP contribution in [0.25, 0.3) is 0 Å². The Morgan fingerprint density at radius 2 is 2.28 bits per heavy atom. The second-order valence-corrected chi connectivity index (χ2v) is 4.51. The maximum Gasteiger partial charge on any atom is 0.125 e. The van der Waals surface area contributed by atoms with Crippen LogP contribution >= 0.6 is 23.2 Å². The van der Waals surface area contributed by atoms with Crippen LogP contribution in [-0.4, -0.2) is 13.2 Å². The van der Waals surface area contributed by atoms with Gasteiger partial charge in [-0.3, -0.25) is 0 Å². The first kappa shape index (κ1) is 15.3. The first-order valence-corrected chi connectivity index (χ1v) is 6.50. The fourth-order valence-electron chi connectivity index (χ4n) is 1.58. The fraction of sp³-hybridized carbons (Fsp3) is 0.385. The molecule has 0 aromatic heterocycles. The summed E-state index contributed by atoms with van der Waals surface area (Å²) in [5.74, 6) is 0.308. The molecule has 1 atom stereocenters. The van der Waals surface area contributed by atoms with Crippen LogP contribution in [0.5, 0.6) is 5.75 Å². The number of ether oxygens (including phenoxy) is 1. The standard InChI is InChI=1S/C13H16Cl2FNO/c1-3-17-9(2)12-6-11(16)4-5-13(12)18-8-10(15)7-14/h4-7,9,17H,3,8H2,1-2H3. The summed E-state index contributed by atoms with van der Waals surface area (Å²) in [7, 11) is 0. The Balaban J connectivity index is 2.89. The van der Waals surface area contributed by atoms with Gasteiger partial charge in [0.25, 0.3) is 0 Å². The maximum atomic E-state index is 13.3. The number of nitrogens with one attached hydrogen (secondary N) is 1. The zero-order valence-electron chi connectivity index (χ0n) is 10.3. The molecule has 0 bridgehead atoms. The van der Waals surface area contributed by atoms with Crippen molar-refractivity contribution in [1.82, 2.24) is 5.32 Å². The number of rotatable bonds is 6. The molecule has 0 fully saturated rings. The topological polar surface area (TPSA) is 21.3 Å². The van der Waals surface area contributed by atoms with Crippen LogP contribution in [0.1, 0.15) is 25.5 Å². The molecule has 1 N–H and O–H groups in total. The van der Waals surface area contributed by atoms with E-state index in [1.807, 2.05) is 13.8 Å². The van der Waals surface area contributed by atoms with Gasteiger partial charge in [0.2, 0.25) is 0 Å². The lowest BCUT2D eigenvalue weighted by molar-refractivity contribution is 0.349. The van der Waals surface area contributed by atoms with Gasteiger partial charge in [0.1, 0.15) is 18.2 Å². The Bertz CT molecular complexity index is 423. The van der Waals surface area contributed by atoms with Gasteiger partial charge in [-0.15, -0.1) is 0 Å². The summed E-state index contributed by atoms with van der Waals surface area (Å²) < 4.78 is 18.8. The molecule has 100 valence electrons. The average molecular weight is 292 g/mol. The summed E-state index contributed by atoms with van der Waals surface area (Å²) in [6, 6.07) is 4.41. The SMILES string of the molecule is CCNC(C)c1cc(F)ccc1OCC(Cl)=CCl. The van der Waals surface area contributed by atoms with E-state index in [0.717, 1.165) is 12.1 Å². The minimum atomic E-state index is -0.291. The Labute approximate surface area is 117 Å². The van der Waals surface area contributed by atoms with E-state index in [4.69, 9.17) is 27.9 Å². The van der Waals surface area contributed by atoms with Crippen LogP contribution in [0.15, 0.2) is 28.8 Å². The van der Waals surface area contributed by atoms with Gasteiger partial charge < -0.3 is 10.1 Å². The van der Waals surface area contributed by atoms with E-state index in [0.29, 0.717) is 10.8 Å². The lowest BCUT2D eigenvalue weighted by Gasteiger charge is -2.17.